The first kappa shape index (κ1) is 14.8. The lowest BCUT2D eigenvalue weighted by Crippen LogP contribution is -2.03. The summed E-state index contributed by atoms with van der Waals surface area (Å²) in [6.07, 6.45) is 1.41. The maximum atomic E-state index is 13.6. The molecule has 0 radical (unpaired) electrons. The normalized spacial score (nSPS) is 10.6. The first-order chi connectivity index (χ1) is 11.0. The van der Waals surface area contributed by atoms with E-state index >= 15 is 0 Å². The highest BCUT2D eigenvalue weighted by Gasteiger charge is 2.14. The molecule has 2 N–H and O–H groups in total. The molecular formula is C14H10F3N5O. The Hall–Kier alpha value is -3.10. The van der Waals surface area contributed by atoms with Crippen molar-refractivity contribution in [2.75, 3.05) is 10.6 Å². The van der Waals surface area contributed by atoms with E-state index in [0.717, 1.165) is 12.1 Å². The number of aryl methyl sites for hydroxylation is 1. The topological polar surface area (TPSA) is 75.9 Å². The fourth-order valence-corrected chi connectivity index (χ4v) is 1.79. The molecule has 9 heteroatoms. The van der Waals surface area contributed by atoms with E-state index in [1.54, 1.807) is 19.1 Å². The van der Waals surface area contributed by atoms with Gasteiger partial charge in [0.2, 0.25) is 5.95 Å². The minimum absolute atomic E-state index is 0.000116. The highest BCUT2D eigenvalue weighted by atomic mass is 19.2. The zero-order chi connectivity index (χ0) is 16.4. The van der Waals surface area contributed by atoms with Crippen molar-refractivity contribution in [3.05, 3.63) is 53.7 Å². The average Bonchev–Trinajstić information content (AvgIpc) is 2.93. The van der Waals surface area contributed by atoms with Crippen LogP contribution in [-0.4, -0.2) is 15.1 Å². The molecule has 1 aromatic carbocycles. The Morgan fingerprint density at radius 1 is 1.00 bits per heavy atom. The van der Waals surface area contributed by atoms with E-state index in [1.807, 2.05) is 0 Å². The summed E-state index contributed by atoms with van der Waals surface area (Å²) in [4.78, 5) is 7.95. The van der Waals surface area contributed by atoms with Gasteiger partial charge in [-0.05, 0) is 25.1 Å². The highest BCUT2D eigenvalue weighted by Crippen LogP contribution is 2.23. The smallest absolute Gasteiger partial charge is 0.229 e. The monoisotopic (exact) mass is 321 g/mol. The van der Waals surface area contributed by atoms with Crippen LogP contribution in [0.15, 0.2) is 35.0 Å². The van der Waals surface area contributed by atoms with E-state index in [-0.39, 0.29) is 11.6 Å². The van der Waals surface area contributed by atoms with Crippen LogP contribution < -0.4 is 10.6 Å². The molecule has 0 aliphatic heterocycles. The van der Waals surface area contributed by atoms with Crippen molar-refractivity contribution in [1.29, 1.82) is 0 Å². The number of halogens is 3. The van der Waals surface area contributed by atoms with E-state index < -0.39 is 17.5 Å². The van der Waals surface area contributed by atoms with E-state index in [2.05, 4.69) is 25.8 Å². The minimum Gasteiger partial charge on any atom is -0.360 e. The first-order valence-corrected chi connectivity index (χ1v) is 6.47. The molecule has 6 nitrogen and oxygen atoms in total. The molecular weight excluding hydrogens is 311 g/mol. The largest absolute Gasteiger partial charge is 0.360 e. The van der Waals surface area contributed by atoms with Gasteiger partial charge in [0.15, 0.2) is 23.3 Å². The summed E-state index contributed by atoms with van der Waals surface area (Å²) in [5.74, 6) is -2.78. The number of anilines is 4. The molecule has 3 rings (SSSR count). The van der Waals surface area contributed by atoms with Crippen LogP contribution in [0.5, 0.6) is 0 Å². The Bertz CT molecular complexity index is 852. The van der Waals surface area contributed by atoms with E-state index in [0.29, 0.717) is 17.4 Å². The van der Waals surface area contributed by atoms with Crippen LogP contribution >= 0.6 is 0 Å². The molecule has 0 fully saturated rings. The summed E-state index contributed by atoms with van der Waals surface area (Å²) in [6.45, 7) is 1.73. The third kappa shape index (κ3) is 3.23. The molecule has 0 unspecified atom stereocenters. The highest BCUT2D eigenvalue weighted by molar-refractivity contribution is 5.58. The van der Waals surface area contributed by atoms with Crippen LogP contribution in [0.25, 0.3) is 0 Å². The number of nitrogens with zero attached hydrogens (tertiary/aromatic N) is 3. The quantitative estimate of drug-likeness (QED) is 0.714. The van der Waals surface area contributed by atoms with Crippen LogP contribution in [-0.2, 0) is 0 Å². The van der Waals surface area contributed by atoms with Gasteiger partial charge in [-0.1, -0.05) is 5.16 Å². The Morgan fingerprint density at radius 3 is 2.57 bits per heavy atom. The molecule has 0 spiro atoms. The fraction of sp³-hybridized carbons (Fsp3) is 0.0714. The molecule has 2 heterocycles. The van der Waals surface area contributed by atoms with Gasteiger partial charge in [-0.3, -0.25) is 0 Å². The van der Waals surface area contributed by atoms with Crippen LogP contribution in [0, 0.1) is 24.4 Å². The van der Waals surface area contributed by atoms with Crippen molar-refractivity contribution in [2.45, 2.75) is 6.92 Å². The number of rotatable bonds is 4. The van der Waals surface area contributed by atoms with E-state index in [4.69, 9.17) is 4.52 Å². The van der Waals surface area contributed by atoms with Gasteiger partial charge < -0.3 is 15.2 Å². The van der Waals surface area contributed by atoms with Crippen LogP contribution in [0.3, 0.4) is 0 Å². The van der Waals surface area contributed by atoms with Crippen LogP contribution in [0.1, 0.15) is 5.76 Å². The number of nitrogens with one attached hydrogen (secondary N) is 2. The molecule has 0 atom stereocenters. The molecule has 0 aliphatic rings. The summed E-state index contributed by atoms with van der Waals surface area (Å²) in [5, 5.41) is 9.09. The number of hydrogen-bond donors (Lipinski definition) is 2. The van der Waals surface area contributed by atoms with Crippen molar-refractivity contribution in [1.82, 2.24) is 15.1 Å². The lowest BCUT2D eigenvalue weighted by Gasteiger charge is -2.08. The van der Waals surface area contributed by atoms with Gasteiger partial charge in [-0.25, -0.2) is 18.2 Å². The second-order valence-corrected chi connectivity index (χ2v) is 4.56. The van der Waals surface area contributed by atoms with Crippen molar-refractivity contribution in [3.63, 3.8) is 0 Å². The maximum Gasteiger partial charge on any atom is 0.229 e. The van der Waals surface area contributed by atoms with Gasteiger partial charge >= 0.3 is 0 Å². The third-order valence-electron chi connectivity index (χ3n) is 2.82. The summed E-state index contributed by atoms with van der Waals surface area (Å²) >= 11 is 0. The van der Waals surface area contributed by atoms with Crippen molar-refractivity contribution < 1.29 is 17.7 Å². The van der Waals surface area contributed by atoms with Gasteiger partial charge in [-0.15, -0.1) is 0 Å². The molecule has 118 valence electrons. The predicted octanol–water partition coefficient (Wildman–Crippen LogP) is 3.68. The van der Waals surface area contributed by atoms with Gasteiger partial charge in [0.1, 0.15) is 11.6 Å². The van der Waals surface area contributed by atoms with Crippen molar-refractivity contribution in [3.8, 4) is 0 Å². The molecule has 23 heavy (non-hydrogen) atoms. The molecule has 0 aliphatic carbocycles. The number of benzene rings is 1. The third-order valence-corrected chi connectivity index (χ3v) is 2.82. The first-order valence-electron chi connectivity index (χ1n) is 6.47. The van der Waals surface area contributed by atoms with Gasteiger partial charge in [0.05, 0.1) is 5.69 Å². The van der Waals surface area contributed by atoms with Crippen molar-refractivity contribution >= 4 is 23.3 Å². The van der Waals surface area contributed by atoms with Crippen molar-refractivity contribution in [2.24, 2.45) is 0 Å². The number of hydrogen-bond acceptors (Lipinski definition) is 6. The van der Waals surface area contributed by atoms with Crippen LogP contribution in [0.4, 0.5) is 36.4 Å². The molecule has 0 saturated carbocycles. The second-order valence-electron chi connectivity index (χ2n) is 4.56. The van der Waals surface area contributed by atoms with E-state index in [1.165, 1.54) is 6.20 Å². The zero-order valence-corrected chi connectivity index (χ0v) is 11.8. The molecule has 3 aromatic rings. The molecule has 0 bridgehead atoms. The maximum absolute atomic E-state index is 13.6. The lowest BCUT2D eigenvalue weighted by molar-refractivity contribution is 0.400. The Labute approximate surface area is 128 Å². The minimum atomic E-state index is -1.57. The Morgan fingerprint density at radius 2 is 1.83 bits per heavy atom. The summed E-state index contributed by atoms with van der Waals surface area (Å²) in [6, 6.07) is 5.07. The lowest BCUT2D eigenvalue weighted by atomic mass is 10.3. The molecule has 2 aromatic heterocycles. The summed E-state index contributed by atoms with van der Waals surface area (Å²) in [5.41, 5.74) is -0.279. The second kappa shape index (κ2) is 5.95. The average molecular weight is 321 g/mol. The van der Waals surface area contributed by atoms with E-state index in [9.17, 15) is 13.2 Å². The summed E-state index contributed by atoms with van der Waals surface area (Å²) < 4.78 is 44.6. The van der Waals surface area contributed by atoms with Gasteiger partial charge in [-0.2, -0.15) is 4.98 Å². The van der Waals surface area contributed by atoms with Gasteiger partial charge in [0, 0.05) is 12.3 Å². The molecule has 0 saturated heterocycles. The zero-order valence-electron chi connectivity index (χ0n) is 11.8. The number of aromatic nitrogens is 3. The Balaban J connectivity index is 1.81. The SMILES string of the molecule is Cc1cc(Nc2ccnc(Nc3ccc(F)c(F)c3F)n2)no1. The Kier molecular flexibility index (Phi) is 3.83. The van der Waals surface area contributed by atoms with Crippen LogP contribution in [0.2, 0.25) is 0 Å². The molecule has 0 amide bonds. The summed E-state index contributed by atoms with van der Waals surface area (Å²) in [7, 11) is 0. The predicted molar refractivity (Wildman–Crippen MR) is 76.2 cm³/mol. The van der Waals surface area contributed by atoms with Gasteiger partial charge in [0.25, 0.3) is 0 Å². The standard InChI is InChI=1S/C14H10F3N5O/c1-7-6-11(22-23-7)20-10-4-5-18-14(21-10)19-9-3-2-8(15)12(16)13(9)17/h2-6H,1H3,(H2,18,19,20,21,22). The fourth-order valence-electron chi connectivity index (χ4n) is 1.79.